The van der Waals surface area contributed by atoms with E-state index in [0.717, 1.165) is 6.92 Å². The second-order valence-electron chi connectivity index (χ2n) is 10.5. The summed E-state index contributed by atoms with van der Waals surface area (Å²) in [5.41, 5.74) is -5.08. The summed E-state index contributed by atoms with van der Waals surface area (Å²) < 4.78 is 68.0. The number of aliphatic hydroxyl groups is 1. The second-order valence-corrected chi connectivity index (χ2v) is 12.2. The van der Waals surface area contributed by atoms with Gasteiger partial charge in [0.25, 0.3) is 5.56 Å². The van der Waals surface area contributed by atoms with Crippen molar-refractivity contribution in [3.8, 4) is 5.75 Å². The fourth-order valence-corrected chi connectivity index (χ4v) is 5.45. The van der Waals surface area contributed by atoms with Gasteiger partial charge in [-0.05, 0) is 37.3 Å². The number of aromatic amines is 1. The SMILES string of the molecule is [2H]c1c([2H])n([C@@H]2O[C@H](COP(=O)(NC(CC(C)C)C(=O)OCC(C)C)Oc3ccccc3)[C@@H](O)[C@@]2(C)F)c(=O)[nH]c1=O. The van der Waals surface area contributed by atoms with E-state index in [0.29, 0.717) is 4.57 Å². The van der Waals surface area contributed by atoms with Gasteiger partial charge in [-0.1, -0.05) is 45.9 Å². The van der Waals surface area contributed by atoms with Gasteiger partial charge < -0.3 is 19.1 Å². The number of H-pyrrole nitrogens is 1. The summed E-state index contributed by atoms with van der Waals surface area (Å²) in [4.78, 5) is 38.8. The van der Waals surface area contributed by atoms with Crippen LogP contribution in [0.25, 0.3) is 0 Å². The van der Waals surface area contributed by atoms with E-state index in [1.807, 2.05) is 32.7 Å². The molecule has 0 saturated carbocycles. The molecule has 1 saturated heterocycles. The van der Waals surface area contributed by atoms with E-state index in [1.165, 1.54) is 12.1 Å². The standard InChI is InChI=1S/C26H37FN3O9P/c1-16(2)13-19(23(33)36-14-17(3)4)29-40(35,39-18-9-7-6-8-10-18)37-15-20-22(32)26(5,27)24(38-20)30-12-11-21(31)28-25(30)34/h6-12,16-17,19-20,22,24,32H,13-15H2,1-5H3,(H,29,35)(H,28,31,34)/t19?,20-,22-,24-,26-,40?/m1/s1/i11D,12D. The van der Waals surface area contributed by atoms with Crippen LogP contribution in [0.2, 0.25) is 0 Å². The molecule has 0 bridgehead atoms. The van der Waals surface area contributed by atoms with E-state index in [-0.39, 0.29) is 30.6 Å². The molecular weight excluding hydrogens is 548 g/mol. The van der Waals surface area contributed by atoms with Crippen molar-refractivity contribution in [3.63, 3.8) is 0 Å². The molecule has 2 unspecified atom stereocenters. The number of benzene rings is 1. The van der Waals surface area contributed by atoms with E-state index in [9.17, 15) is 24.1 Å². The summed E-state index contributed by atoms with van der Waals surface area (Å²) in [5.74, 6) is -0.552. The Morgan fingerprint density at radius 2 is 1.95 bits per heavy atom. The van der Waals surface area contributed by atoms with Gasteiger partial charge in [-0.25, -0.2) is 13.8 Å². The van der Waals surface area contributed by atoms with Gasteiger partial charge >= 0.3 is 19.4 Å². The third-order valence-electron chi connectivity index (χ3n) is 5.92. The molecule has 2 heterocycles. The molecule has 0 spiro atoms. The number of para-hydroxylation sites is 1. The van der Waals surface area contributed by atoms with Crippen molar-refractivity contribution in [2.24, 2.45) is 11.8 Å². The lowest BCUT2D eigenvalue weighted by atomic mass is 9.98. The van der Waals surface area contributed by atoms with Crippen molar-refractivity contribution in [3.05, 3.63) is 63.4 Å². The van der Waals surface area contributed by atoms with E-state index in [1.54, 1.807) is 18.2 Å². The number of esters is 1. The highest BCUT2D eigenvalue weighted by molar-refractivity contribution is 7.52. The maximum Gasteiger partial charge on any atom is 0.459 e. The molecule has 3 rings (SSSR count). The molecule has 1 aliphatic heterocycles. The number of nitrogens with one attached hydrogen (secondary N) is 2. The van der Waals surface area contributed by atoms with Gasteiger partial charge in [0.2, 0.25) is 0 Å². The van der Waals surface area contributed by atoms with E-state index in [4.69, 9.17) is 21.3 Å². The summed E-state index contributed by atoms with van der Waals surface area (Å²) >= 11 is 0. The van der Waals surface area contributed by atoms with Crippen LogP contribution in [0.1, 0.15) is 50.0 Å². The van der Waals surface area contributed by atoms with Gasteiger partial charge in [0.1, 0.15) is 24.0 Å². The number of nitrogens with zero attached hydrogens (tertiary/aromatic N) is 1. The first-order valence-corrected chi connectivity index (χ1v) is 14.4. The minimum atomic E-state index is -4.45. The number of aromatic nitrogens is 2. The number of hydrogen-bond acceptors (Lipinski definition) is 9. The molecule has 1 aromatic carbocycles. The van der Waals surface area contributed by atoms with Crippen LogP contribution in [-0.4, -0.2) is 57.8 Å². The van der Waals surface area contributed by atoms with E-state index in [2.05, 4.69) is 5.09 Å². The van der Waals surface area contributed by atoms with Gasteiger partial charge in [-0.2, -0.15) is 5.09 Å². The van der Waals surface area contributed by atoms with Gasteiger partial charge in [0, 0.05) is 12.2 Å². The Labute approximate surface area is 234 Å². The predicted octanol–water partition coefficient (Wildman–Crippen LogP) is 2.93. The van der Waals surface area contributed by atoms with E-state index >= 15 is 4.39 Å². The lowest BCUT2D eigenvalue weighted by Crippen LogP contribution is -2.44. The smallest absolute Gasteiger partial charge is 0.459 e. The number of rotatable bonds is 13. The van der Waals surface area contributed by atoms with Crippen molar-refractivity contribution in [1.29, 1.82) is 0 Å². The molecule has 222 valence electrons. The van der Waals surface area contributed by atoms with Gasteiger partial charge in [-0.15, -0.1) is 0 Å². The Morgan fingerprint density at radius 1 is 1.27 bits per heavy atom. The monoisotopic (exact) mass is 587 g/mol. The number of aliphatic hydroxyl groups excluding tert-OH is 1. The predicted molar refractivity (Wildman–Crippen MR) is 144 cm³/mol. The zero-order chi connectivity index (χ0) is 31.4. The summed E-state index contributed by atoms with van der Waals surface area (Å²) in [5, 5.41) is 13.4. The largest absolute Gasteiger partial charge is 0.464 e. The second kappa shape index (κ2) is 13.2. The third kappa shape index (κ3) is 8.11. The summed E-state index contributed by atoms with van der Waals surface area (Å²) in [6.07, 6.45) is -6.19. The van der Waals surface area contributed by atoms with Crippen LogP contribution in [0.15, 0.2) is 52.1 Å². The first-order valence-electron chi connectivity index (χ1n) is 13.8. The van der Waals surface area contributed by atoms with Crippen LogP contribution in [0.3, 0.4) is 0 Å². The average molecular weight is 588 g/mol. The van der Waals surface area contributed by atoms with Crippen LogP contribution in [0.5, 0.6) is 5.75 Å². The van der Waals surface area contributed by atoms with Crippen LogP contribution in [-0.2, 0) is 23.4 Å². The lowest BCUT2D eigenvalue weighted by molar-refractivity contribution is -0.147. The maximum absolute atomic E-state index is 15.8. The molecule has 0 radical (unpaired) electrons. The van der Waals surface area contributed by atoms with E-state index < -0.39 is 73.9 Å². The van der Waals surface area contributed by atoms with Crippen molar-refractivity contribution >= 4 is 13.7 Å². The Balaban J connectivity index is 1.89. The van der Waals surface area contributed by atoms with Gasteiger partial charge in [0.15, 0.2) is 11.9 Å². The molecule has 3 N–H and O–H groups in total. The maximum atomic E-state index is 15.8. The molecule has 0 aliphatic carbocycles. The topological polar surface area (TPSA) is 158 Å². The number of hydrogen-bond donors (Lipinski definition) is 3. The van der Waals surface area contributed by atoms with Crippen LogP contribution in [0.4, 0.5) is 4.39 Å². The quantitative estimate of drug-likeness (QED) is 0.235. The Hall–Kier alpha value is -2.83. The van der Waals surface area contributed by atoms with Crippen LogP contribution >= 0.6 is 7.75 Å². The molecule has 14 heteroatoms. The number of carbonyl (C=O) groups is 1. The minimum Gasteiger partial charge on any atom is -0.464 e. The Kier molecular flexibility index (Phi) is 9.48. The van der Waals surface area contributed by atoms with Gasteiger partial charge in [-0.3, -0.25) is 23.7 Å². The number of ether oxygens (including phenoxy) is 2. The summed E-state index contributed by atoms with van der Waals surface area (Å²) in [6.45, 7) is 7.70. The highest BCUT2D eigenvalue weighted by atomic mass is 31.2. The fraction of sp³-hybridized carbons (Fsp3) is 0.577. The highest BCUT2D eigenvalue weighted by Crippen LogP contribution is 2.47. The molecule has 6 atom stereocenters. The fourth-order valence-electron chi connectivity index (χ4n) is 3.94. The molecule has 1 aromatic heterocycles. The van der Waals surface area contributed by atoms with Crippen molar-refractivity contribution < 1.29 is 40.1 Å². The van der Waals surface area contributed by atoms with Gasteiger partial charge in [0.05, 0.1) is 16.0 Å². The molecule has 0 amide bonds. The van der Waals surface area contributed by atoms with Crippen molar-refractivity contribution in [2.45, 2.75) is 71.2 Å². The van der Waals surface area contributed by atoms with Crippen molar-refractivity contribution in [2.75, 3.05) is 13.2 Å². The van der Waals surface area contributed by atoms with Crippen LogP contribution < -0.4 is 20.9 Å². The summed E-state index contributed by atoms with van der Waals surface area (Å²) in [6, 6.07) is 5.90. The average Bonchev–Trinajstić information content (AvgIpc) is 3.12. The normalized spacial score (nSPS) is 25.8. The summed E-state index contributed by atoms with van der Waals surface area (Å²) in [7, 11) is -4.45. The Morgan fingerprint density at radius 3 is 2.58 bits per heavy atom. The lowest BCUT2D eigenvalue weighted by Gasteiger charge is -2.27. The zero-order valence-electron chi connectivity index (χ0n) is 25.0. The molecular formula is C26H37FN3O9P. The minimum absolute atomic E-state index is 0.0381. The molecule has 1 aliphatic rings. The molecule has 1 fully saturated rings. The molecule has 2 aromatic rings. The first-order chi connectivity index (χ1) is 19.6. The number of alkyl halides is 1. The highest BCUT2D eigenvalue weighted by Gasteiger charge is 2.56. The molecule has 40 heavy (non-hydrogen) atoms. The van der Waals surface area contributed by atoms with Crippen LogP contribution in [0, 0.1) is 11.8 Å². The van der Waals surface area contributed by atoms with Crippen molar-refractivity contribution in [1.82, 2.24) is 14.6 Å². The Bertz CT molecular complexity index is 1400. The zero-order valence-corrected chi connectivity index (χ0v) is 23.9. The third-order valence-corrected chi connectivity index (χ3v) is 7.49. The first kappa shape index (κ1) is 28.7. The number of carbonyl (C=O) groups excluding carboxylic acids is 1. The number of halogens is 1. The molecule has 12 nitrogen and oxygen atoms in total.